The highest BCUT2D eigenvalue weighted by Gasteiger charge is 2.35. The standard InChI is InChI=1S/C25H18N2O/c1-17-8-5-13-20-22(16-18-9-3-2-4-10-18)27(25(28)23(17)20)21-14-6-11-19-12-7-15-26-24(19)21/h2-16H,1H3/b22-16-. The molecular weight excluding hydrogens is 344 g/mol. The number of benzene rings is 3. The monoisotopic (exact) mass is 362 g/mol. The molecule has 5 rings (SSSR count). The zero-order valence-electron chi connectivity index (χ0n) is 15.5. The molecule has 3 nitrogen and oxygen atoms in total. The van der Waals surface area contributed by atoms with E-state index in [4.69, 9.17) is 0 Å². The van der Waals surface area contributed by atoms with Crippen LogP contribution in [-0.2, 0) is 0 Å². The summed E-state index contributed by atoms with van der Waals surface area (Å²) in [4.78, 5) is 19.9. The molecule has 1 aliphatic heterocycles. The number of carbonyl (C=O) groups excluding carboxylic acids is 1. The number of amides is 1. The molecule has 0 spiro atoms. The first-order valence-electron chi connectivity index (χ1n) is 9.29. The average molecular weight is 362 g/mol. The van der Waals surface area contributed by atoms with Crippen LogP contribution in [0, 0.1) is 6.92 Å². The molecule has 0 bridgehead atoms. The Morgan fingerprint density at radius 2 is 1.64 bits per heavy atom. The molecular formula is C25H18N2O. The highest BCUT2D eigenvalue weighted by Crippen LogP contribution is 2.41. The van der Waals surface area contributed by atoms with E-state index in [9.17, 15) is 4.79 Å². The number of para-hydroxylation sites is 1. The predicted octanol–water partition coefficient (Wildman–Crippen LogP) is 5.70. The van der Waals surface area contributed by atoms with Gasteiger partial charge < -0.3 is 0 Å². The number of aromatic nitrogens is 1. The van der Waals surface area contributed by atoms with Crippen LogP contribution in [0.15, 0.2) is 85.1 Å². The summed E-state index contributed by atoms with van der Waals surface area (Å²) >= 11 is 0. The van der Waals surface area contributed by atoms with Gasteiger partial charge in [-0.05, 0) is 36.3 Å². The molecule has 3 aromatic carbocycles. The third kappa shape index (κ3) is 2.52. The van der Waals surface area contributed by atoms with E-state index in [0.29, 0.717) is 0 Å². The second-order valence-electron chi connectivity index (χ2n) is 6.93. The minimum Gasteiger partial charge on any atom is -0.274 e. The van der Waals surface area contributed by atoms with Crippen molar-refractivity contribution in [2.75, 3.05) is 4.90 Å². The number of nitrogens with zero attached hydrogens (tertiary/aromatic N) is 2. The van der Waals surface area contributed by atoms with Crippen molar-refractivity contribution in [2.24, 2.45) is 0 Å². The van der Waals surface area contributed by atoms with E-state index in [1.807, 2.05) is 85.8 Å². The molecule has 0 saturated heterocycles. The summed E-state index contributed by atoms with van der Waals surface area (Å²) < 4.78 is 0. The second kappa shape index (κ2) is 6.46. The van der Waals surface area contributed by atoms with Crippen LogP contribution < -0.4 is 4.90 Å². The third-order valence-corrected chi connectivity index (χ3v) is 5.16. The normalized spacial score (nSPS) is 14.7. The molecule has 0 atom stereocenters. The fourth-order valence-electron chi connectivity index (χ4n) is 3.86. The predicted molar refractivity (Wildman–Crippen MR) is 114 cm³/mol. The Balaban J connectivity index is 1.79. The Bertz CT molecular complexity index is 1240. The van der Waals surface area contributed by atoms with Crippen LogP contribution in [0.4, 0.5) is 5.69 Å². The van der Waals surface area contributed by atoms with Crippen molar-refractivity contribution < 1.29 is 4.79 Å². The van der Waals surface area contributed by atoms with Gasteiger partial charge in [0.2, 0.25) is 0 Å². The Hall–Kier alpha value is -3.72. The molecule has 0 unspecified atom stereocenters. The summed E-state index contributed by atoms with van der Waals surface area (Å²) in [6.07, 6.45) is 3.84. The number of pyridine rings is 1. The Kier molecular flexibility index (Phi) is 3.80. The lowest BCUT2D eigenvalue weighted by Gasteiger charge is -2.20. The topological polar surface area (TPSA) is 33.2 Å². The highest BCUT2D eigenvalue weighted by atomic mass is 16.2. The Labute approximate surface area is 163 Å². The highest BCUT2D eigenvalue weighted by molar-refractivity contribution is 6.26. The number of rotatable bonds is 2. The molecule has 0 saturated carbocycles. The molecule has 0 fully saturated rings. The van der Waals surface area contributed by atoms with Gasteiger partial charge in [-0.2, -0.15) is 0 Å². The van der Waals surface area contributed by atoms with Crippen LogP contribution in [0.1, 0.15) is 27.0 Å². The average Bonchev–Trinajstić information content (AvgIpc) is 3.01. The van der Waals surface area contributed by atoms with Crippen LogP contribution in [0.3, 0.4) is 0 Å². The van der Waals surface area contributed by atoms with E-state index in [2.05, 4.69) is 11.1 Å². The maximum absolute atomic E-state index is 13.5. The largest absolute Gasteiger partial charge is 0.274 e. The lowest BCUT2D eigenvalue weighted by molar-refractivity contribution is 0.101. The first-order valence-corrected chi connectivity index (χ1v) is 9.29. The Morgan fingerprint density at radius 3 is 2.50 bits per heavy atom. The molecule has 3 heteroatoms. The summed E-state index contributed by atoms with van der Waals surface area (Å²) in [7, 11) is 0. The first-order chi connectivity index (χ1) is 13.7. The number of fused-ring (bicyclic) bond motifs is 2. The minimum absolute atomic E-state index is 0.00608. The molecule has 0 aliphatic carbocycles. The second-order valence-corrected chi connectivity index (χ2v) is 6.93. The molecule has 1 amide bonds. The van der Waals surface area contributed by atoms with Crippen molar-refractivity contribution in [1.82, 2.24) is 4.98 Å². The van der Waals surface area contributed by atoms with Gasteiger partial charge in [-0.1, -0.05) is 66.7 Å². The summed E-state index contributed by atoms with van der Waals surface area (Å²) in [5.74, 6) is -0.00608. The van der Waals surface area contributed by atoms with Gasteiger partial charge in [0, 0.05) is 17.1 Å². The van der Waals surface area contributed by atoms with Crippen molar-refractivity contribution in [3.63, 3.8) is 0 Å². The smallest absolute Gasteiger partial charge is 0.263 e. The van der Waals surface area contributed by atoms with Gasteiger partial charge in [0.15, 0.2) is 0 Å². The van der Waals surface area contributed by atoms with Gasteiger partial charge in [0.25, 0.3) is 5.91 Å². The molecule has 28 heavy (non-hydrogen) atoms. The van der Waals surface area contributed by atoms with Crippen molar-refractivity contribution in [3.8, 4) is 0 Å². The van der Waals surface area contributed by atoms with Crippen LogP contribution in [0.5, 0.6) is 0 Å². The van der Waals surface area contributed by atoms with Crippen LogP contribution >= 0.6 is 0 Å². The molecule has 2 heterocycles. The number of anilines is 1. The quantitative estimate of drug-likeness (QED) is 0.458. The van der Waals surface area contributed by atoms with Crippen molar-refractivity contribution in [3.05, 3.63) is 107 Å². The van der Waals surface area contributed by atoms with Crippen LogP contribution in [0.25, 0.3) is 22.7 Å². The van der Waals surface area contributed by atoms with Gasteiger partial charge >= 0.3 is 0 Å². The summed E-state index contributed by atoms with van der Waals surface area (Å²) in [6, 6.07) is 26.0. The van der Waals surface area contributed by atoms with Crippen molar-refractivity contribution >= 4 is 34.3 Å². The molecule has 4 aromatic rings. The van der Waals surface area contributed by atoms with Crippen LogP contribution in [0.2, 0.25) is 0 Å². The maximum atomic E-state index is 13.5. The van der Waals surface area contributed by atoms with E-state index in [0.717, 1.165) is 44.5 Å². The maximum Gasteiger partial charge on any atom is 0.263 e. The fourth-order valence-corrected chi connectivity index (χ4v) is 3.86. The third-order valence-electron chi connectivity index (χ3n) is 5.16. The molecule has 1 aliphatic rings. The fraction of sp³-hybridized carbons (Fsp3) is 0.0400. The van der Waals surface area contributed by atoms with E-state index in [1.165, 1.54) is 0 Å². The van der Waals surface area contributed by atoms with Gasteiger partial charge in [0.05, 0.1) is 22.5 Å². The Morgan fingerprint density at radius 1 is 0.857 bits per heavy atom. The minimum atomic E-state index is -0.00608. The van der Waals surface area contributed by atoms with Gasteiger partial charge in [-0.25, -0.2) is 0 Å². The number of aryl methyl sites for hydroxylation is 1. The van der Waals surface area contributed by atoms with E-state index in [-0.39, 0.29) is 5.91 Å². The van der Waals surface area contributed by atoms with Crippen LogP contribution in [-0.4, -0.2) is 10.9 Å². The SMILES string of the molecule is Cc1cccc2c1C(=O)N(c1cccc3cccnc13)/C2=C\c1ccccc1. The van der Waals surface area contributed by atoms with Gasteiger partial charge in [-0.15, -0.1) is 0 Å². The molecule has 1 aromatic heterocycles. The summed E-state index contributed by atoms with van der Waals surface area (Å²) in [5.41, 5.74) is 6.27. The molecule has 134 valence electrons. The summed E-state index contributed by atoms with van der Waals surface area (Å²) in [6.45, 7) is 1.99. The molecule has 0 N–H and O–H groups in total. The number of carbonyl (C=O) groups is 1. The van der Waals surface area contributed by atoms with E-state index < -0.39 is 0 Å². The lowest BCUT2D eigenvalue weighted by Crippen LogP contribution is -2.23. The van der Waals surface area contributed by atoms with Crippen molar-refractivity contribution in [2.45, 2.75) is 6.92 Å². The number of hydrogen-bond donors (Lipinski definition) is 0. The first kappa shape index (κ1) is 16.5. The van der Waals surface area contributed by atoms with E-state index >= 15 is 0 Å². The number of hydrogen-bond acceptors (Lipinski definition) is 2. The molecule has 0 radical (unpaired) electrons. The van der Waals surface area contributed by atoms with Gasteiger partial charge in [-0.3, -0.25) is 14.7 Å². The van der Waals surface area contributed by atoms with Gasteiger partial charge in [0.1, 0.15) is 0 Å². The summed E-state index contributed by atoms with van der Waals surface area (Å²) in [5, 5.41) is 1.01. The lowest BCUT2D eigenvalue weighted by atomic mass is 10.0. The zero-order chi connectivity index (χ0) is 19.1. The van der Waals surface area contributed by atoms with E-state index in [1.54, 1.807) is 11.1 Å². The van der Waals surface area contributed by atoms with Crippen molar-refractivity contribution in [1.29, 1.82) is 0 Å². The zero-order valence-corrected chi connectivity index (χ0v) is 15.5.